The summed E-state index contributed by atoms with van der Waals surface area (Å²) < 4.78 is 5.81. The van der Waals surface area contributed by atoms with Gasteiger partial charge >= 0.3 is 0 Å². The van der Waals surface area contributed by atoms with Gasteiger partial charge in [0.25, 0.3) is 5.56 Å². The molecule has 1 aromatic carbocycles. The molecule has 1 unspecified atom stereocenters. The minimum absolute atomic E-state index is 0.0633. The van der Waals surface area contributed by atoms with Crippen LogP contribution in [0.15, 0.2) is 35.3 Å². The van der Waals surface area contributed by atoms with Gasteiger partial charge in [-0.1, -0.05) is 12.1 Å². The SMILES string of the molecule is Cc1ccc(-c2cn[nH]c(=O)c2)c(OCC(O)CNC(C)(C)C)c1. The van der Waals surface area contributed by atoms with Crippen molar-refractivity contribution in [3.63, 3.8) is 0 Å². The van der Waals surface area contributed by atoms with Gasteiger partial charge in [0.1, 0.15) is 18.5 Å². The summed E-state index contributed by atoms with van der Waals surface area (Å²) in [7, 11) is 0. The van der Waals surface area contributed by atoms with Crippen molar-refractivity contribution < 1.29 is 9.84 Å². The van der Waals surface area contributed by atoms with E-state index in [4.69, 9.17) is 4.74 Å². The van der Waals surface area contributed by atoms with Crippen LogP contribution in [-0.2, 0) is 0 Å². The lowest BCUT2D eigenvalue weighted by Gasteiger charge is -2.23. The molecule has 0 aliphatic carbocycles. The van der Waals surface area contributed by atoms with Gasteiger partial charge in [0, 0.05) is 29.3 Å². The number of nitrogens with zero attached hydrogens (tertiary/aromatic N) is 1. The van der Waals surface area contributed by atoms with E-state index >= 15 is 0 Å². The standard InChI is InChI=1S/C18H25N3O3/c1-12-5-6-15(13-8-17(23)21-20-9-13)16(7-12)24-11-14(22)10-19-18(2,3)4/h5-9,14,19,22H,10-11H2,1-4H3,(H,21,23). The molecule has 2 aromatic rings. The summed E-state index contributed by atoms with van der Waals surface area (Å²) in [6, 6.07) is 7.20. The largest absolute Gasteiger partial charge is 0.490 e. The molecule has 0 radical (unpaired) electrons. The van der Waals surface area contributed by atoms with Crippen molar-refractivity contribution in [2.24, 2.45) is 0 Å². The van der Waals surface area contributed by atoms with E-state index in [2.05, 4.69) is 15.5 Å². The Morgan fingerprint density at radius 2 is 2.08 bits per heavy atom. The van der Waals surface area contributed by atoms with Crippen molar-refractivity contribution in [1.29, 1.82) is 0 Å². The van der Waals surface area contributed by atoms with E-state index in [9.17, 15) is 9.90 Å². The van der Waals surface area contributed by atoms with E-state index < -0.39 is 6.10 Å². The quantitative estimate of drug-likeness (QED) is 0.752. The molecule has 0 saturated heterocycles. The number of nitrogens with one attached hydrogen (secondary N) is 2. The van der Waals surface area contributed by atoms with Crippen LogP contribution < -0.4 is 15.6 Å². The smallest absolute Gasteiger partial charge is 0.264 e. The minimum Gasteiger partial charge on any atom is -0.490 e. The third-order valence-corrected chi connectivity index (χ3v) is 3.41. The Labute approximate surface area is 141 Å². The van der Waals surface area contributed by atoms with E-state index in [1.807, 2.05) is 45.9 Å². The van der Waals surface area contributed by atoms with E-state index in [-0.39, 0.29) is 17.7 Å². The lowest BCUT2D eigenvalue weighted by molar-refractivity contribution is 0.100. The van der Waals surface area contributed by atoms with Gasteiger partial charge < -0.3 is 15.2 Å². The van der Waals surface area contributed by atoms with Crippen molar-refractivity contribution in [3.05, 3.63) is 46.4 Å². The van der Waals surface area contributed by atoms with Crippen molar-refractivity contribution in [2.45, 2.75) is 39.3 Å². The summed E-state index contributed by atoms with van der Waals surface area (Å²) in [5.74, 6) is 0.622. The molecule has 0 fully saturated rings. The van der Waals surface area contributed by atoms with Crippen LogP contribution in [0, 0.1) is 6.92 Å². The van der Waals surface area contributed by atoms with Crippen molar-refractivity contribution in [1.82, 2.24) is 15.5 Å². The van der Waals surface area contributed by atoms with Crippen LogP contribution in [0.1, 0.15) is 26.3 Å². The highest BCUT2D eigenvalue weighted by Gasteiger charge is 2.14. The molecule has 6 heteroatoms. The molecule has 0 saturated carbocycles. The van der Waals surface area contributed by atoms with Crippen LogP contribution in [0.3, 0.4) is 0 Å². The Morgan fingerprint density at radius 3 is 2.75 bits per heavy atom. The normalized spacial score (nSPS) is 12.9. The third-order valence-electron chi connectivity index (χ3n) is 3.41. The molecule has 130 valence electrons. The molecule has 0 bridgehead atoms. The van der Waals surface area contributed by atoms with Gasteiger partial charge in [-0.15, -0.1) is 0 Å². The monoisotopic (exact) mass is 331 g/mol. The van der Waals surface area contributed by atoms with Crippen LogP contribution in [0.25, 0.3) is 11.1 Å². The summed E-state index contributed by atoms with van der Waals surface area (Å²) in [4.78, 5) is 11.5. The molecule has 6 nitrogen and oxygen atoms in total. The Kier molecular flexibility index (Phi) is 5.75. The van der Waals surface area contributed by atoms with Crippen LogP contribution in [-0.4, -0.2) is 40.1 Å². The molecule has 2 rings (SSSR count). The molecule has 1 aromatic heterocycles. The number of aryl methyl sites for hydroxylation is 1. The molecule has 24 heavy (non-hydrogen) atoms. The fourth-order valence-corrected chi connectivity index (χ4v) is 2.18. The van der Waals surface area contributed by atoms with Gasteiger partial charge in [-0.2, -0.15) is 5.10 Å². The van der Waals surface area contributed by atoms with Gasteiger partial charge in [0.15, 0.2) is 0 Å². The van der Waals surface area contributed by atoms with Gasteiger partial charge in [-0.05, 0) is 39.3 Å². The Morgan fingerprint density at radius 1 is 1.33 bits per heavy atom. The summed E-state index contributed by atoms with van der Waals surface area (Å²) in [5, 5.41) is 19.5. The van der Waals surface area contributed by atoms with E-state index in [1.165, 1.54) is 6.07 Å². The first-order valence-corrected chi connectivity index (χ1v) is 7.96. The fourth-order valence-electron chi connectivity index (χ4n) is 2.18. The highest BCUT2D eigenvalue weighted by molar-refractivity contribution is 5.69. The second kappa shape index (κ2) is 7.59. The van der Waals surface area contributed by atoms with E-state index in [0.29, 0.717) is 17.9 Å². The van der Waals surface area contributed by atoms with Crippen LogP contribution in [0.2, 0.25) is 0 Å². The number of aromatic amines is 1. The number of rotatable bonds is 6. The Bertz CT molecular complexity index is 735. The zero-order chi connectivity index (χ0) is 17.7. The average Bonchev–Trinajstić information content (AvgIpc) is 2.50. The number of ether oxygens (including phenoxy) is 1. The molecular formula is C18H25N3O3. The third kappa shape index (κ3) is 5.47. The number of H-pyrrole nitrogens is 1. The highest BCUT2D eigenvalue weighted by Crippen LogP contribution is 2.29. The topological polar surface area (TPSA) is 87.2 Å². The van der Waals surface area contributed by atoms with Gasteiger partial charge in [0.2, 0.25) is 0 Å². The van der Waals surface area contributed by atoms with E-state index in [0.717, 1.165) is 11.1 Å². The molecular weight excluding hydrogens is 306 g/mol. The Hall–Kier alpha value is -2.18. The number of hydrogen-bond donors (Lipinski definition) is 3. The number of β-amino-alcohol motifs (C(OH)–C–C–N with tert-alkyl or cyclic N) is 1. The number of aromatic nitrogens is 2. The second-order valence-corrected chi connectivity index (χ2v) is 6.93. The van der Waals surface area contributed by atoms with Gasteiger partial charge in [-0.25, -0.2) is 5.10 Å². The Balaban J connectivity index is 2.12. The first-order valence-electron chi connectivity index (χ1n) is 7.96. The zero-order valence-electron chi connectivity index (χ0n) is 14.6. The van der Waals surface area contributed by atoms with Crippen LogP contribution in [0.5, 0.6) is 5.75 Å². The number of aliphatic hydroxyl groups is 1. The molecule has 3 N–H and O–H groups in total. The predicted molar refractivity (Wildman–Crippen MR) is 94.3 cm³/mol. The maximum Gasteiger partial charge on any atom is 0.264 e. The molecule has 0 amide bonds. The van der Waals surface area contributed by atoms with Crippen molar-refractivity contribution in [3.8, 4) is 16.9 Å². The second-order valence-electron chi connectivity index (χ2n) is 6.93. The van der Waals surface area contributed by atoms with Crippen molar-refractivity contribution in [2.75, 3.05) is 13.2 Å². The molecule has 1 atom stereocenters. The average molecular weight is 331 g/mol. The summed E-state index contributed by atoms with van der Waals surface area (Å²) in [6.07, 6.45) is 0.950. The number of hydrogen-bond acceptors (Lipinski definition) is 5. The van der Waals surface area contributed by atoms with Crippen LogP contribution >= 0.6 is 0 Å². The van der Waals surface area contributed by atoms with E-state index in [1.54, 1.807) is 6.20 Å². The minimum atomic E-state index is -0.630. The summed E-state index contributed by atoms with van der Waals surface area (Å²) in [6.45, 7) is 8.69. The summed E-state index contributed by atoms with van der Waals surface area (Å²) in [5.41, 5.74) is 2.15. The number of benzene rings is 1. The molecule has 0 spiro atoms. The maximum absolute atomic E-state index is 11.5. The first kappa shape index (κ1) is 18.2. The lowest BCUT2D eigenvalue weighted by Crippen LogP contribution is -2.42. The molecule has 1 heterocycles. The van der Waals surface area contributed by atoms with Crippen LogP contribution in [0.4, 0.5) is 0 Å². The predicted octanol–water partition coefficient (Wildman–Crippen LogP) is 1.87. The van der Waals surface area contributed by atoms with Gasteiger partial charge in [-0.3, -0.25) is 4.79 Å². The molecule has 0 aliphatic heterocycles. The number of aliphatic hydroxyl groups excluding tert-OH is 1. The summed E-state index contributed by atoms with van der Waals surface area (Å²) >= 11 is 0. The van der Waals surface area contributed by atoms with Gasteiger partial charge in [0.05, 0.1) is 6.20 Å². The van der Waals surface area contributed by atoms with Crippen molar-refractivity contribution >= 4 is 0 Å². The zero-order valence-corrected chi connectivity index (χ0v) is 14.6. The fraction of sp³-hybridized carbons (Fsp3) is 0.444. The highest BCUT2D eigenvalue weighted by atomic mass is 16.5. The lowest BCUT2D eigenvalue weighted by atomic mass is 10.1. The maximum atomic E-state index is 11.5. The first-order chi connectivity index (χ1) is 11.2. The molecule has 0 aliphatic rings.